The summed E-state index contributed by atoms with van der Waals surface area (Å²) in [6.45, 7) is 4.53. The highest BCUT2D eigenvalue weighted by atomic mass is 32.1. The molecule has 2 aromatic rings. The molecule has 1 heterocycles. The fourth-order valence-corrected chi connectivity index (χ4v) is 7.07. The quantitative estimate of drug-likeness (QED) is 0.492. The standard InChI is InChI=1S/C25H35N3O4S/c1-24-10-9-20(30)25(2,14-29)19(24)12-18-22(28-23(26-3)33-18)16(24)11-21(31)27-13-15-7-5-6-8-17(15)32-4/h5-8,16,19-20,29-30H,9-14H2,1-4H3,(H,26,28)(H,27,31). The molecule has 0 aliphatic heterocycles. The number of aliphatic hydroxyl groups excluding tert-OH is 2. The van der Waals surface area contributed by atoms with E-state index < -0.39 is 11.5 Å². The number of carbonyl (C=O) groups excluding carboxylic acids is 1. The van der Waals surface area contributed by atoms with Gasteiger partial charge in [-0.2, -0.15) is 0 Å². The van der Waals surface area contributed by atoms with Crippen LogP contribution in [0.3, 0.4) is 0 Å². The second-order valence-corrected chi connectivity index (χ2v) is 11.0. The third-order valence-corrected chi connectivity index (χ3v) is 9.28. The predicted octanol–water partition coefficient (Wildman–Crippen LogP) is 3.32. The van der Waals surface area contributed by atoms with Crippen molar-refractivity contribution in [2.45, 2.75) is 58.1 Å². The molecule has 1 fully saturated rings. The molecular formula is C25H35N3O4S. The largest absolute Gasteiger partial charge is 0.496 e. The van der Waals surface area contributed by atoms with E-state index in [4.69, 9.17) is 9.72 Å². The topological polar surface area (TPSA) is 104 Å². The minimum atomic E-state index is -0.610. The second-order valence-electron chi connectivity index (χ2n) is 9.90. The zero-order valence-corrected chi connectivity index (χ0v) is 20.7. The number of nitrogens with one attached hydrogen (secondary N) is 2. The van der Waals surface area contributed by atoms with E-state index in [9.17, 15) is 15.0 Å². The number of aliphatic hydroxyl groups is 2. The molecule has 2 aliphatic rings. The molecule has 0 radical (unpaired) electrons. The molecule has 1 amide bonds. The Hall–Kier alpha value is -2.16. The lowest BCUT2D eigenvalue weighted by molar-refractivity contribution is -0.144. The van der Waals surface area contributed by atoms with Crippen molar-refractivity contribution < 1.29 is 19.7 Å². The number of benzene rings is 1. The third-order valence-electron chi connectivity index (χ3n) is 8.17. The molecule has 0 bridgehead atoms. The van der Waals surface area contributed by atoms with Gasteiger partial charge in [0.15, 0.2) is 5.13 Å². The first-order valence-electron chi connectivity index (χ1n) is 11.6. The van der Waals surface area contributed by atoms with Crippen molar-refractivity contribution in [1.82, 2.24) is 10.3 Å². The molecule has 5 unspecified atom stereocenters. The Morgan fingerprint density at radius 1 is 1.33 bits per heavy atom. The number of rotatable bonds is 7. The summed E-state index contributed by atoms with van der Waals surface area (Å²) in [6.07, 6.45) is 1.93. The second kappa shape index (κ2) is 9.24. The molecule has 1 aromatic carbocycles. The fourth-order valence-electron chi connectivity index (χ4n) is 6.05. The van der Waals surface area contributed by atoms with Gasteiger partial charge in [0.25, 0.3) is 0 Å². The van der Waals surface area contributed by atoms with Crippen molar-refractivity contribution in [2.75, 3.05) is 26.1 Å². The van der Waals surface area contributed by atoms with E-state index in [1.54, 1.807) is 18.4 Å². The lowest BCUT2D eigenvalue weighted by atomic mass is 9.47. The molecule has 4 N–H and O–H groups in total. The SMILES string of the molecule is CNc1nc2c(s1)CC1C(C)(CO)C(O)CCC1(C)C2CC(=O)NCc1ccccc1OC. The Balaban J connectivity index is 1.62. The van der Waals surface area contributed by atoms with E-state index in [-0.39, 0.29) is 29.8 Å². The zero-order chi connectivity index (χ0) is 23.8. The van der Waals surface area contributed by atoms with Crippen LogP contribution < -0.4 is 15.4 Å². The zero-order valence-electron chi connectivity index (χ0n) is 19.9. The minimum absolute atomic E-state index is 0.0328. The van der Waals surface area contributed by atoms with Crippen LogP contribution in [0.2, 0.25) is 0 Å². The van der Waals surface area contributed by atoms with Crippen molar-refractivity contribution >= 4 is 22.4 Å². The molecule has 0 spiro atoms. The number of ether oxygens (including phenoxy) is 1. The first-order chi connectivity index (χ1) is 15.8. The molecule has 2 aliphatic carbocycles. The molecule has 5 atom stereocenters. The number of carbonyl (C=O) groups is 1. The summed E-state index contributed by atoms with van der Waals surface area (Å²) in [5.74, 6) is 0.696. The van der Waals surface area contributed by atoms with Gasteiger partial charge in [-0.1, -0.05) is 32.0 Å². The van der Waals surface area contributed by atoms with Crippen LogP contribution in [0.25, 0.3) is 0 Å². The van der Waals surface area contributed by atoms with Crippen LogP contribution in [0.1, 0.15) is 55.2 Å². The normalized spacial score (nSPS) is 30.8. The Labute approximate surface area is 199 Å². The molecular weight excluding hydrogens is 438 g/mol. The van der Waals surface area contributed by atoms with Crippen LogP contribution >= 0.6 is 11.3 Å². The van der Waals surface area contributed by atoms with Crippen molar-refractivity contribution in [3.8, 4) is 5.75 Å². The molecule has 1 saturated carbocycles. The van der Waals surface area contributed by atoms with E-state index in [0.717, 1.165) is 39.9 Å². The van der Waals surface area contributed by atoms with Crippen molar-refractivity contribution in [1.29, 1.82) is 0 Å². The van der Waals surface area contributed by atoms with Crippen LogP contribution in [0.5, 0.6) is 5.75 Å². The maximum atomic E-state index is 13.2. The molecule has 7 nitrogen and oxygen atoms in total. The first kappa shape index (κ1) is 24.0. The molecule has 1 aromatic heterocycles. The van der Waals surface area contributed by atoms with Gasteiger partial charge in [-0.25, -0.2) is 4.98 Å². The molecule has 33 heavy (non-hydrogen) atoms. The van der Waals surface area contributed by atoms with Crippen LogP contribution in [0.4, 0.5) is 5.13 Å². The number of aromatic nitrogens is 1. The van der Waals surface area contributed by atoms with E-state index in [2.05, 4.69) is 17.6 Å². The average molecular weight is 474 g/mol. The molecule has 8 heteroatoms. The minimum Gasteiger partial charge on any atom is -0.496 e. The average Bonchev–Trinajstić information content (AvgIpc) is 3.25. The summed E-state index contributed by atoms with van der Waals surface area (Å²) in [5.41, 5.74) is 1.07. The van der Waals surface area contributed by atoms with E-state index in [1.807, 2.05) is 38.2 Å². The summed E-state index contributed by atoms with van der Waals surface area (Å²) in [4.78, 5) is 19.2. The number of anilines is 1. The Morgan fingerprint density at radius 3 is 2.79 bits per heavy atom. The van der Waals surface area contributed by atoms with E-state index >= 15 is 0 Å². The number of hydrogen-bond acceptors (Lipinski definition) is 7. The summed E-state index contributed by atoms with van der Waals surface area (Å²) >= 11 is 1.61. The van der Waals surface area contributed by atoms with Crippen molar-refractivity contribution in [3.05, 3.63) is 40.4 Å². The number of thiazole rings is 1. The van der Waals surface area contributed by atoms with E-state index in [0.29, 0.717) is 19.4 Å². The van der Waals surface area contributed by atoms with Gasteiger partial charge in [-0.3, -0.25) is 4.79 Å². The number of fused-ring (bicyclic) bond motifs is 2. The summed E-state index contributed by atoms with van der Waals surface area (Å²) in [5, 5.41) is 28.2. The number of para-hydroxylation sites is 1. The lowest BCUT2D eigenvalue weighted by Gasteiger charge is -2.58. The lowest BCUT2D eigenvalue weighted by Crippen LogP contribution is -2.57. The highest BCUT2D eigenvalue weighted by Gasteiger charge is 2.59. The Morgan fingerprint density at radius 2 is 2.09 bits per heavy atom. The smallest absolute Gasteiger partial charge is 0.220 e. The van der Waals surface area contributed by atoms with Gasteiger partial charge in [0.1, 0.15) is 5.75 Å². The Kier molecular flexibility index (Phi) is 6.71. The van der Waals surface area contributed by atoms with Gasteiger partial charge in [0.05, 0.1) is 25.5 Å². The molecule has 0 saturated heterocycles. The number of amides is 1. The maximum Gasteiger partial charge on any atom is 0.220 e. The molecule has 4 rings (SSSR count). The maximum absolute atomic E-state index is 13.2. The van der Waals surface area contributed by atoms with Crippen LogP contribution in [-0.2, 0) is 17.8 Å². The van der Waals surface area contributed by atoms with Gasteiger partial charge in [0, 0.05) is 41.8 Å². The van der Waals surface area contributed by atoms with Gasteiger partial charge in [0.2, 0.25) is 5.91 Å². The van der Waals surface area contributed by atoms with Gasteiger partial charge in [-0.05, 0) is 36.7 Å². The van der Waals surface area contributed by atoms with E-state index in [1.165, 1.54) is 0 Å². The van der Waals surface area contributed by atoms with Crippen LogP contribution in [-0.4, -0.2) is 48.0 Å². The first-order valence-corrected chi connectivity index (χ1v) is 12.4. The summed E-state index contributed by atoms with van der Waals surface area (Å²) < 4.78 is 5.41. The number of hydrogen-bond donors (Lipinski definition) is 4. The summed E-state index contributed by atoms with van der Waals surface area (Å²) in [7, 11) is 3.48. The fraction of sp³-hybridized carbons (Fsp3) is 0.600. The van der Waals surface area contributed by atoms with Gasteiger partial charge in [-0.15, -0.1) is 11.3 Å². The monoisotopic (exact) mass is 473 g/mol. The van der Waals surface area contributed by atoms with Crippen LogP contribution in [0.15, 0.2) is 24.3 Å². The highest BCUT2D eigenvalue weighted by Crippen LogP contribution is 2.62. The number of nitrogens with zero attached hydrogens (tertiary/aromatic N) is 1. The van der Waals surface area contributed by atoms with Crippen molar-refractivity contribution in [2.24, 2.45) is 16.7 Å². The van der Waals surface area contributed by atoms with Gasteiger partial charge < -0.3 is 25.6 Å². The Bertz CT molecular complexity index is 1010. The molecule has 180 valence electrons. The van der Waals surface area contributed by atoms with Gasteiger partial charge >= 0.3 is 0 Å². The third kappa shape index (κ3) is 4.13. The summed E-state index contributed by atoms with van der Waals surface area (Å²) in [6, 6.07) is 7.68. The predicted molar refractivity (Wildman–Crippen MR) is 130 cm³/mol. The number of methoxy groups -OCH3 is 1. The van der Waals surface area contributed by atoms with Crippen LogP contribution in [0, 0.1) is 16.7 Å². The highest BCUT2D eigenvalue weighted by molar-refractivity contribution is 7.15. The van der Waals surface area contributed by atoms with Crippen molar-refractivity contribution in [3.63, 3.8) is 0 Å².